The van der Waals surface area contributed by atoms with Gasteiger partial charge >= 0.3 is 0 Å². The minimum absolute atomic E-state index is 0.170. The molecule has 0 unspecified atom stereocenters. The van der Waals surface area contributed by atoms with Crippen LogP contribution in [0.3, 0.4) is 0 Å². The molecule has 0 bridgehead atoms. The van der Waals surface area contributed by atoms with E-state index in [-0.39, 0.29) is 17.1 Å². The number of rotatable bonds is 5. The average Bonchev–Trinajstić information content (AvgIpc) is 3.42. The number of amides is 1. The monoisotopic (exact) mass is 453 g/mol. The molecule has 1 saturated heterocycles. The number of halogens is 2. The number of hydrogen-bond donors (Lipinski definition) is 1. The highest BCUT2D eigenvalue weighted by molar-refractivity contribution is 6.30. The van der Waals surface area contributed by atoms with Gasteiger partial charge in [0.05, 0.1) is 5.69 Å². The molecule has 1 amide bonds. The van der Waals surface area contributed by atoms with Gasteiger partial charge in [-0.2, -0.15) is 5.10 Å². The molecule has 1 N–H and O–H groups in total. The topological polar surface area (TPSA) is 56.1 Å². The quantitative estimate of drug-likeness (QED) is 0.612. The Morgan fingerprint density at radius 2 is 1.94 bits per heavy atom. The lowest BCUT2D eigenvalue weighted by Gasteiger charge is -2.38. The Bertz CT molecular complexity index is 1140. The van der Waals surface area contributed by atoms with E-state index in [0.717, 1.165) is 54.6 Å². The lowest BCUT2D eigenvalue weighted by Crippen LogP contribution is -2.44. The van der Waals surface area contributed by atoms with Crippen molar-refractivity contribution in [3.8, 4) is 5.69 Å². The van der Waals surface area contributed by atoms with Gasteiger partial charge in [0.1, 0.15) is 5.82 Å². The average molecular weight is 454 g/mol. The van der Waals surface area contributed by atoms with Crippen LogP contribution in [0.1, 0.15) is 46.6 Å². The van der Waals surface area contributed by atoms with Crippen molar-refractivity contribution >= 4 is 17.5 Å². The van der Waals surface area contributed by atoms with Crippen molar-refractivity contribution in [1.82, 2.24) is 15.1 Å². The molecule has 5 nitrogen and oxygen atoms in total. The third-order valence-electron chi connectivity index (χ3n) is 6.69. The Morgan fingerprint density at radius 3 is 2.69 bits per heavy atom. The molecule has 1 aromatic heterocycles. The SMILES string of the molecule is O=C(NCC1(c2cccc(Cl)c2)CCOCC1)c1nn(-c2ccc(F)cc2)c2c1CCC2. The van der Waals surface area contributed by atoms with Gasteiger partial charge in [-0.05, 0) is 74.1 Å². The predicted molar refractivity (Wildman–Crippen MR) is 121 cm³/mol. The van der Waals surface area contributed by atoms with Gasteiger partial charge < -0.3 is 10.1 Å². The molecule has 0 radical (unpaired) electrons. The fourth-order valence-electron chi connectivity index (χ4n) is 4.90. The molecular formula is C25H25ClFN3O2. The first-order chi connectivity index (χ1) is 15.6. The molecule has 0 spiro atoms. The van der Waals surface area contributed by atoms with Crippen molar-refractivity contribution in [3.05, 3.63) is 81.9 Å². The van der Waals surface area contributed by atoms with Gasteiger partial charge in [-0.25, -0.2) is 9.07 Å². The summed E-state index contributed by atoms with van der Waals surface area (Å²) in [6.45, 7) is 1.79. The zero-order chi connectivity index (χ0) is 22.1. The van der Waals surface area contributed by atoms with E-state index in [1.165, 1.54) is 12.1 Å². The normalized spacial score (nSPS) is 17.2. The highest BCUT2D eigenvalue weighted by Gasteiger charge is 2.36. The van der Waals surface area contributed by atoms with Crippen LogP contribution in [0.2, 0.25) is 5.02 Å². The lowest BCUT2D eigenvalue weighted by molar-refractivity contribution is 0.0486. The molecule has 7 heteroatoms. The standard InChI is InChI=1S/C25H25ClFN3O2/c26-18-4-1-3-17(15-18)25(11-13-32-14-12-25)16-28-24(31)23-21-5-2-6-22(21)30(29-23)20-9-7-19(27)8-10-20/h1,3-4,7-10,15H,2,5-6,11-14,16H2,(H,28,31). The minimum atomic E-state index is -0.293. The van der Waals surface area contributed by atoms with E-state index in [1.807, 2.05) is 18.2 Å². The predicted octanol–water partition coefficient (Wildman–Crippen LogP) is 4.63. The van der Waals surface area contributed by atoms with E-state index in [1.54, 1.807) is 16.8 Å². The summed E-state index contributed by atoms with van der Waals surface area (Å²) in [4.78, 5) is 13.3. The summed E-state index contributed by atoms with van der Waals surface area (Å²) in [7, 11) is 0. The first-order valence-corrected chi connectivity index (χ1v) is 11.4. The van der Waals surface area contributed by atoms with Crippen molar-refractivity contribution in [3.63, 3.8) is 0 Å². The van der Waals surface area contributed by atoms with E-state index in [0.29, 0.717) is 30.5 Å². The van der Waals surface area contributed by atoms with Gasteiger partial charge in [0.15, 0.2) is 5.69 Å². The molecule has 1 fully saturated rings. The fraction of sp³-hybridized carbons (Fsp3) is 0.360. The second kappa shape index (κ2) is 8.68. The summed E-state index contributed by atoms with van der Waals surface area (Å²) in [5.74, 6) is -0.463. The van der Waals surface area contributed by atoms with E-state index in [9.17, 15) is 9.18 Å². The van der Waals surface area contributed by atoms with Crippen molar-refractivity contribution in [2.75, 3.05) is 19.8 Å². The van der Waals surface area contributed by atoms with Crippen LogP contribution in [0.15, 0.2) is 48.5 Å². The molecule has 2 heterocycles. The minimum Gasteiger partial charge on any atom is -0.381 e. The van der Waals surface area contributed by atoms with Gasteiger partial charge in [-0.1, -0.05) is 23.7 Å². The highest BCUT2D eigenvalue weighted by Crippen LogP contribution is 2.36. The lowest BCUT2D eigenvalue weighted by atomic mass is 9.74. The van der Waals surface area contributed by atoms with Crippen molar-refractivity contribution in [2.24, 2.45) is 0 Å². The van der Waals surface area contributed by atoms with Gasteiger partial charge in [0.25, 0.3) is 5.91 Å². The zero-order valence-corrected chi connectivity index (χ0v) is 18.5. The molecular weight excluding hydrogens is 429 g/mol. The highest BCUT2D eigenvalue weighted by atomic mass is 35.5. The van der Waals surface area contributed by atoms with Crippen molar-refractivity contribution in [2.45, 2.75) is 37.5 Å². The van der Waals surface area contributed by atoms with Crippen LogP contribution in [0.5, 0.6) is 0 Å². The third-order valence-corrected chi connectivity index (χ3v) is 6.93. The maximum absolute atomic E-state index is 13.4. The smallest absolute Gasteiger partial charge is 0.272 e. The molecule has 166 valence electrons. The number of benzene rings is 2. The summed E-state index contributed by atoms with van der Waals surface area (Å²) < 4.78 is 20.8. The summed E-state index contributed by atoms with van der Waals surface area (Å²) in [6.07, 6.45) is 4.30. The second-order valence-corrected chi connectivity index (χ2v) is 9.04. The van der Waals surface area contributed by atoms with Crippen LogP contribution in [-0.2, 0) is 23.0 Å². The van der Waals surface area contributed by atoms with Gasteiger partial charge in [-0.3, -0.25) is 4.79 Å². The van der Waals surface area contributed by atoms with Crippen molar-refractivity contribution in [1.29, 1.82) is 0 Å². The number of nitrogens with zero attached hydrogens (tertiary/aromatic N) is 2. The molecule has 1 aliphatic heterocycles. The molecule has 32 heavy (non-hydrogen) atoms. The summed E-state index contributed by atoms with van der Waals surface area (Å²) in [6, 6.07) is 14.1. The Morgan fingerprint density at radius 1 is 1.16 bits per heavy atom. The molecule has 0 atom stereocenters. The Hall–Kier alpha value is -2.70. The molecule has 0 saturated carbocycles. The van der Waals surface area contributed by atoms with E-state index < -0.39 is 0 Å². The zero-order valence-electron chi connectivity index (χ0n) is 17.7. The maximum atomic E-state index is 13.4. The number of fused-ring (bicyclic) bond motifs is 1. The Labute approximate surface area is 191 Å². The summed E-state index contributed by atoms with van der Waals surface area (Å²) in [5, 5.41) is 8.49. The number of carbonyl (C=O) groups is 1. The van der Waals surface area contributed by atoms with Crippen LogP contribution in [0.4, 0.5) is 4.39 Å². The van der Waals surface area contributed by atoms with Gasteiger partial charge in [-0.15, -0.1) is 0 Å². The van der Waals surface area contributed by atoms with Crippen LogP contribution in [0.25, 0.3) is 5.69 Å². The van der Waals surface area contributed by atoms with Gasteiger partial charge in [0, 0.05) is 41.5 Å². The van der Waals surface area contributed by atoms with Crippen LogP contribution < -0.4 is 5.32 Å². The second-order valence-electron chi connectivity index (χ2n) is 8.60. The van der Waals surface area contributed by atoms with Gasteiger partial charge in [0.2, 0.25) is 0 Å². The maximum Gasteiger partial charge on any atom is 0.272 e. The third kappa shape index (κ3) is 3.93. The number of hydrogen-bond acceptors (Lipinski definition) is 3. The number of ether oxygens (including phenoxy) is 1. The van der Waals surface area contributed by atoms with E-state index in [2.05, 4.69) is 16.5 Å². The molecule has 2 aliphatic rings. The van der Waals surface area contributed by atoms with E-state index in [4.69, 9.17) is 16.3 Å². The fourth-order valence-corrected chi connectivity index (χ4v) is 5.09. The van der Waals surface area contributed by atoms with Crippen molar-refractivity contribution < 1.29 is 13.9 Å². The van der Waals surface area contributed by atoms with Crippen LogP contribution in [-0.4, -0.2) is 35.4 Å². The number of aromatic nitrogens is 2. The molecule has 3 aromatic rings. The largest absolute Gasteiger partial charge is 0.381 e. The number of nitrogens with one attached hydrogen (secondary N) is 1. The molecule has 5 rings (SSSR count). The first-order valence-electron chi connectivity index (χ1n) is 11.0. The Kier molecular flexibility index (Phi) is 5.74. The molecule has 1 aliphatic carbocycles. The number of carbonyl (C=O) groups excluding carboxylic acids is 1. The van der Waals surface area contributed by atoms with E-state index >= 15 is 0 Å². The summed E-state index contributed by atoms with van der Waals surface area (Å²) >= 11 is 6.26. The molecule has 2 aromatic carbocycles. The Balaban J connectivity index is 1.41. The van der Waals surface area contributed by atoms with Crippen LogP contribution >= 0.6 is 11.6 Å². The van der Waals surface area contributed by atoms with Crippen LogP contribution in [0, 0.1) is 5.82 Å². The summed E-state index contributed by atoms with van der Waals surface area (Å²) in [5.41, 5.74) is 4.17. The first kappa shape index (κ1) is 21.2.